The van der Waals surface area contributed by atoms with E-state index in [1.54, 1.807) is 17.8 Å². The third-order valence-electron chi connectivity index (χ3n) is 5.33. The Morgan fingerprint density at radius 3 is 2.73 bits per heavy atom. The molecule has 4 rings (SSSR count). The minimum atomic E-state index is -0.258. The summed E-state index contributed by atoms with van der Waals surface area (Å²) in [5, 5.41) is 11.2. The van der Waals surface area contributed by atoms with Crippen LogP contribution >= 0.6 is 0 Å². The molecule has 0 spiro atoms. The van der Waals surface area contributed by atoms with Crippen LogP contribution in [0.2, 0.25) is 0 Å². The minimum absolute atomic E-state index is 0.0985. The summed E-state index contributed by atoms with van der Waals surface area (Å²) in [6.45, 7) is 3.63. The predicted octanol–water partition coefficient (Wildman–Crippen LogP) is 1.19. The second-order valence-corrected chi connectivity index (χ2v) is 7.21. The Kier molecular flexibility index (Phi) is 4.05. The summed E-state index contributed by atoms with van der Waals surface area (Å²) >= 11 is 0. The fraction of sp³-hybridized carbons (Fsp3) is 0.556. The van der Waals surface area contributed by atoms with Crippen molar-refractivity contribution >= 4 is 11.8 Å². The Morgan fingerprint density at radius 1 is 1.38 bits per heavy atom. The Hall–Kier alpha value is -2.64. The maximum absolute atomic E-state index is 12.6. The molecule has 0 bridgehead atoms. The van der Waals surface area contributed by atoms with Crippen LogP contribution in [0.3, 0.4) is 0 Å². The van der Waals surface area contributed by atoms with Crippen molar-refractivity contribution in [1.29, 1.82) is 0 Å². The van der Waals surface area contributed by atoms with E-state index in [1.807, 2.05) is 24.9 Å². The van der Waals surface area contributed by atoms with Crippen molar-refractivity contribution in [3.63, 3.8) is 0 Å². The third-order valence-corrected chi connectivity index (χ3v) is 5.33. The van der Waals surface area contributed by atoms with Gasteiger partial charge in [-0.05, 0) is 32.8 Å². The van der Waals surface area contributed by atoms with Crippen molar-refractivity contribution in [3.8, 4) is 0 Å². The number of aryl methyl sites for hydroxylation is 3. The standard InChI is InChI=1S/C18H23N5O3/c1-10-13(11(2)26-21-10)8-16(24)20-14-9-17(25)23(12-4-5-12)18(14)15-6-7-19-22(15)3/h6-7,12,14,18H,4-5,8-9H2,1-3H3,(H,20,24)/t14-,18-/m1/s1. The summed E-state index contributed by atoms with van der Waals surface area (Å²) in [6, 6.07) is 1.78. The van der Waals surface area contributed by atoms with E-state index in [4.69, 9.17) is 4.52 Å². The molecule has 1 N–H and O–H groups in total. The van der Waals surface area contributed by atoms with Gasteiger partial charge in [0.05, 0.1) is 29.9 Å². The zero-order valence-electron chi connectivity index (χ0n) is 15.2. The lowest BCUT2D eigenvalue weighted by atomic mass is 10.0. The van der Waals surface area contributed by atoms with Crippen molar-refractivity contribution in [2.45, 2.75) is 57.7 Å². The van der Waals surface area contributed by atoms with Crippen molar-refractivity contribution in [2.24, 2.45) is 7.05 Å². The number of nitrogens with zero attached hydrogens (tertiary/aromatic N) is 4. The van der Waals surface area contributed by atoms with Gasteiger partial charge in [-0.15, -0.1) is 0 Å². The zero-order chi connectivity index (χ0) is 18.4. The summed E-state index contributed by atoms with van der Waals surface area (Å²) in [7, 11) is 1.87. The first kappa shape index (κ1) is 16.8. The zero-order valence-corrected chi connectivity index (χ0v) is 15.2. The van der Waals surface area contributed by atoms with Crippen molar-refractivity contribution in [2.75, 3.05) is 0 Å². The summed E-state index contributed by atoms with van der Waals surface area (Å²) in [5.74, 6) is 0.631. The van der Waals surface area contributed by atoms with E-state index in [0.717, 1.165) is 29.8 Å². The van der Waals surface area contributed by atoms with Crippen molar-refractivity contribution in [1.82, 2.24) is 25.2 Å². The third kappa shape index (κ3) is 2.89. The van der Waals surface area contributed by atoms with Crippen molar-refractivity contribution in [3.05, 3.63) is 35.0 Å². The number of amides is 2. The van der Waals surface area contributed by atoms with Gasteiger partial charge in [0.1, 0.15) is 5.76 Å². The highest BCUT2D eigenvalue weighted by atomic mass is 16.5. The van der Waals surface area contributed by atoms with Crippen LogP contribution < -0.4 is 5.32 Å². The highest BCUT2D eigenvalue weighted by molar-refractivity contribution is 5.84. The second kappa shape index (κ2) is 6.26. The Balaban J connectivity index is 1.55. The molecule has 2 aromatic heterocycles. The van der Waals surface area contributed by atoms with Crippen LogP contribution in [0.1, 0.15) is 48.0 Å². The first-order chi connectivity index (χ1) is 12.5. The fourth-order valence-corrected chi connectivity index (χ4v) is 3.86. The van der Waals surface area contributed by atoms with Gasteiger partial charge in [-0.2, -0.15) is 5.10 Å². The van der Waals surface area contributed by atoms with Crippen LogP contribution in [-0.4, -0.2) is 43.7 Å². The molecule has 2 aliphatic rings. The van der Waals surface area contributed by atoms with E-state index in [1.165, 1.54) is 0 Å². The Morgan fingerprint density at radius 2 is 2.15 bits per heavy atom. The van der Waals surface area contributed by atoms with E-state index in [9.17, 15) is 9.59 Å². The summed E-state index contributed by atoms with van der Waals surface area (Å²) < 4.78 is 6.92. The summed E-state index contributed by atoms with van der Waals surface area (Å²) in [4.78, 5) is 27.2. The molecule has 0 unspecified atom stereocenters. The Labute approximate surface area is 151 Å². The lowest BCUT2D eigenvalue weighted by Crippen LogP contribution is -2.41. The van der Waals surface area contributed by atoms with Crippen LogP contribution in [0.4, 0.5) is 0 Å². The van der Waals surface area contributed by atoms with Crippen LogP contribution in [0, 0.1) is 13.8 Å². The average Bonchev–Trinajstić information content (AvgIpc) is 3.16. The van der Waals surface area contributed by atoms with E-state index in [-0.39, 0.29) is 36.4 Å². The van der Waals surface area contributed by atoms with Gasteiger partial charge in [0.25, 0.3) is 0 Å². The number of likely N-dealkylation sites (tertiary alicyclic amines) is 1. The number of nitrogens with one attached hydrogen (secondary N) is 1. The molecule has 1 saturated carbocycles. The molecular weight excluding hydrogens is 334 g/mol. The second-order valence-electron chi connectivity index (χ2n) is 7.21. The number of carbonyl (C=O) groups is 2. The summed E-state index contributed by atoms with van der Waals surface area (Å²) in [6.07, 6.45) is 4.30. The van der Waals surface area contributed by atoms with Crippen LogP contribution in [0.5, 0.6) is 0 Å². The minimum Gasteiger partial charge on any atom is -0.361 e. The van der Waals surface area contributed by atoms with E-state index in [2.05, 4.69) is 15.6 Å². The van der Waals surface area contributed by atoms with Gasteiger partial charge in [-0.25, -0.2) is 0 Å². The molecule has 1 saturated heterocycles. The number of hydrogen-bond acceptors (Lipinski definition) is 5. The molecule has 26 heavy (non-hydrogen) atoms. The maximum Gasteiger partial charge on any atom is 0.225 e. The maximum atomic E-state index is 12.6. The molecule has 1 aliphatic heterocycles. The molecule has 3 heterocycles. The molecule has 2 amide bonds. The molecule has 0 aromatic carbocycles. The lowest BCUT2D eigenvalue weighted by Gasteiger charge is -2.28. The van der Waals surface area contributed by atoms with Gasteiger partial charge >= 0.3 is 0 Å². The normalized spacial score (nSPS) is 22.9. The molecule has 2 atom stereocenters. The number of hydrogen-bond donors (Lipinski definition) is 1. The molecule has 138 valence electrons. The van der Waals surface area contributed by atoms with Gasteiger partial charge in [0, 0.05) is 31.3 Å². The largest absolute Gasteiger partial charge is 0.361 e. The highest BCUT2D eigenvalue weighted by Crippen LogP contribution is 2.41. The van der Waals surface area contributed by atoms with E-state index in [0.29, 0.717) is 12.2 Å². The quantitative estimate of drug-likeness (QED) is 0.867. The summed E-state index contributed by atoms with van der Waals surface area (Å²) in [5.41, 5.74) is 2.48. The topological polar surface area (TPSA) is 93.3 Å². The SMILES string of the molecule is Cc1noc(C)c1CC(=O)N[C@@H]1CC(=O)N(C2CC2)[C@H]1c1ccnn1C. The average molecular weight is 357 g/mol. The number of carbonyl (C=O) groups excluding carboxylic acids is 2. The van der Waals surface area contributed by atoms with Gasteiger partial charge < -0.3 is 14.7 Å². The molecule has 1 aliphatic carbocycles. The predicted molar refractivity (Wildman–Crippen MR) is 92.0 cm³/mol. The van der Waals surface area contributed by atoms with Crippen LogP contribution in [0.25, 0.3) is 0 Å². The Bertz CT molecular complexity index is 831. The van der Waals surface area contributed by atoms with E-state index >= 15 is 0 Å². The van der Waals surface area contributed by atoms with Crippen molar-refractivity contribution < 1.29 is 14.1 Å². The molecule has 8 heteroatoms. The fourth-order valence-electron chi connectivity index (χ4n) is 3.86. The molecule has 2 fully saturated rings. The van der Waals surface area contributed by atoms with E-state index < -0.39 is 0 Å². The first-order valence-electron chi connectivity index (χ1n) is 8.96. The number of aromatic nitrogens is 3. The van der Waals surface area contributed by atoms with Gasteiger partial charge in [-0.3, -0.25) is 14.3 Å². The van der Waals surface area contributed by atoms with Crippen LogP contribution in [0.15, 0.2) is 16.8 Å². The monoisotopic (exact) mass is 357 g/mol. The highest BCUT2D eigenvalue weighted by Gasteiger charge is 2.48. The molecule has 0 radical (unpaired) electrons. The van der Waals surface area contributed by atoms with Crippen LogP contribution in [-0.2, 0) is 23.1 Å². The van der Waals surface area contributed by atoms with Gasteiger partial charge in [-0.1, -0.05) is 5.16 Å². The molecule has 2 aromatic rings. The number of rotatable bonds is 5. The van der Waals surface area contributed by atoms with Gasteiger partial charge in [0.15, 0.2) is 0 Å². The lowest BCUT2D eigenvalue weighted by molar-refractivity contribution is -0.129. The molecule has 8 nitrogen and oxygen atoms in total. The van der Waals surface area contributed by atoms with Gasteiger partial charge in [0.2, 0.25) is 11.8 Å². The molecular formula is C18H23N5O3. The smallest absolute Gasteiger partial charge is 0.225 e. The first-order valence-corrected chi connectivity index (χ1v) is 8.96.